The Hall–Kier alpha value is -2.35. The van der Waals surface area contributed by atoms with Crippen molar-refractivity contribution in [1.29, 1.82) is 0 Å². The number of carbonyl (C=O) groups is 4. The third-order valence-corrected chi connectivity index (χ3v) is 6.48. The molecule has 156 valence electrons. The van der Waals surface area contributed by atoms with Crippen molar-refractivity contribution < 1.29 is 23.9 Å². The maximum absolute atomic E-state index is 13.4. The summed E-state index contributed by atoms with van der Waals surface area (Å²) in [5.41, 5.74) is 0.629. The molecule has 0 aliphatic carbocycles. The molecular weight excluding hydrogens is 392 g/mol. The van der Waals surface area contributed by atoms with E-state index in [1.807, 2.05) is 20.1 Å². The highest BCUT2D eigenvalue weighted by molar-refractivity contribution is 7.99. The molecule has 0 aromatic heterocycles. The van der Waals surface area contributed by atoms with Gasteiger partial charge in [0.05, 0.1) is 18.2 Å². The molecule has 29 heavy (non-hydrogen) atoms. The molecule has 1 saturated heterocycles. The lowest BCUT2D eigenvalue weighted by Crippen LogP contribution is -2.61. The molecule has 3 atom stereocenters. The van der Waals surface area contributed by atoms with E-state index in [1.165, 1.54) is 12.0 Å². The third-order valence-electron chi connectivity index (χ3n) is 5.47. The monoisotopic (exact) mass is 418 g/mol. The van der Waals surface area contributed by atoms with Crippen LogP contribution < -0.4 is 0 Å². The Balaban J connectivity index is 1.95. The fraction of sp³-hybridized carbons (Fsp3) is 0.524. The van der Waals surface area contributed by atoms with Crippen LogP contribution in [0.4, 0.5) is 0 Å². The number of benzene rings is 1. The van der Waals surface area contributed by atoms with E-state index in [4.69, 9.17) is 4.74 Å². The predicted molar refractivity (Wildman–Crippen MR) is 110 cm³/mol. The number of fused-ring (bicyclic) bond motifs is 1. The number of rotatable bonds is 6. The number of thioether (sulfide) groups is 1. The molecular formula is C21H26N2O5S. The first-order valence-electron chi connectivity index (χ1n) is 9.68. The Labute approximate surface area is 174 Å². The molecule has 1 aromatic carbocycles. The number of likely N-dealkylation sites (tertiary alicyclic amines) is 1. The summed E-state index contributed by atoms with van der Waals surface area (Å²) in [7, 11) is 1.30. The number of hydrogen-bond donors (Lipinski definition) is 0. The first-order valence-corrected chi connectivity index (χ1v) is 11.0. The molecule has 1 fully saturated rings. The van der Waals surface area contributed by atoms with Crippen LogP contribution in [-0.2, 0) is 14.3 Å². The number of methoxy groups -OCH3 is 1. The minimum Gasteiger partial charge on any atom is -0.467 e. The predicted octanol–water partition coefficient (Wildman–Crippen LogP) is 2.20. The van der Waals surface area contributed by atoms with E-state index < -0.39 is 29.9 Å². The molecule has 0 bridgehead atoms. The summed E-state index contributed by atoms with van der Waals surface area (Å²) in [5.74, 6) is -1.59. The fourth-order valence-electron chi connectivity index (χ4n) is 4.02. The van der Waals surface area contributed by atoms with Crippen LogP contribution in [0, 0.1) is 5.92 Å². The normalized spacial score (nSPS) is 22.9. The summed E-state index contributed by atoms with van der Waals surface area (Å²) < 4.78 is 4.95. The SMILES string of the molecule is COC(=O)[C@H](CC(C)C)N1C[C@H](SC)C[C@H](N2C(=O)c3ccccc3C2=O)C1=O. The number of imide groups is 1. The van der Waals surface area contributed by atoms with Gasteiger partial charge in [0.2, 0.25) is 5.91 Å². The molecule has 3 rings (SSSR count). The maximum Gasteiger partial charge on any atom is 0.328 e. The van der Waals surface area contributed by atoms with Crippen LogP contribution >= 0.6 is 11.8 Å². The number of esters is 1. The lowest BCUT2D eigenvalue weighted by Gasteiger charge is -2.42. The van der Waals surface area contributed by atoms with Crippen LogP contribution in [0.15, 0.2) is 24.3 Å². The highest BCUT2D eigenvalue weighted by atomic mass is 32.2. The van der Waals surface area contributed by atoms with E-state index in [1.54, 1.807) is 36.0 Å². The van der Waals surface area contributed by atoms with Crippen LogP contribution in [0.2, 0.25) is 0 Å². The van der Waals surface area contributed by atoms with Crippen LogP contribution in [-0.4, -0.2) is 70.7 Å². The molecule has 2 aliphatic heterocycles. The van der Waals surface area contributed by atoms with E-state index in [2.05, 4.69) is 0 Å². The highest BCUT2D eigenvalue weighted by Crippen LogP contribution is 2.33. The summed E-state index contributed by atoms with van der Waals surface area (Å²) >= 11 is 1.56. The third kappa shape index (κ3) is 3.90. The molecule has 2 heterocycles. The number of ether oxygens (including phenoxy) is 1. The zero-order valence-corrected chi connectivity index (χ0v) is 17.9. The number of amides is 3. The summed E-state index contributed by atoms with van der Waals surface area (Å²) in [6.07, 6.45) is 2.75. The van der Waals surface area contributed by atoms with Crippen molar-refractivity contribution in [3.05, 3.63) is 35.4 Å². The summed E-state index contributed by atoms with van der Waals surface area (Å²) in [6, 6.07) is 4.94. The van der Waals surface area contributed by atoms with E-state index in [9.17, 15) is 19.2 Å². The average molecular weight is 419 g/mol. The van der Waals surface area contributed by atoms with Gasteiger partial charge in [-0.15, -0.1) is 0 Å². The van der Waals surface area contributed by atoms with Crippen molar-refractivity contribution in [2.75, 3.05) is 19.9 Å². The van der Waals surface area contributed by atoms with Crippen molar-refractivity contribution in [2.45, 2.75) is 44.0 Å². The summed E-state index contributed by atoms with van der Waals surface area (Å²) in [4.78, 5) is 54.3. The zero-order chi connectivity index (χ0) is 21.3. The van der Waals surface area contributed by atoms with E-state index in [-0.39, 0.29) is 17.1 Å². The van der Waals surface area contributed by atoms with Crippen molar-refractivity contribution >= 4 is 35.5 Å². The van der Waals surface area contributed by atoms with Crippen LogP contribution in [0.5, 0.6) is 0 Å². The Kier molecular flexibility index (Phi) is 6.31. The smallest absolute Gasteiger partial charge is 0.328 e. The average Bonchev–Trinajstić information content (AvgIpc) is 2.96. The summed E-state index contributed by atoms with van der Waals surface area (Å²) in [6.45, 7) is 4.32. The molecule has 0 radical (unpaired) electrons. The molecule has 2 aliphatic rings. The fourth-order valence-corrected chi connectivity index (χ4v) is 4.70. The topological polar surface area (TPSA) is 84.0 Å². The summed E-state index contributed by atoms with van der Waals surface area (Å²) in [5, 5.41) is 0.00123. The van der Waals surface area contributed by atoms with Gasteiger partial charge < -0.3 is 9.64 Å². The minimum atomic E-state index is -0.923. The second kappa shape index (κ2) is 8.57. The molecule has 3 amide bonds. The Morgan fingerprint density at radius 1 is 1.17 bits per heavy atom. The van der Waals surface area contributed by atoms with E-state index in [0.29, 0.717) is 30.5 Å². The second-order valence-corrected chi connectivity index (χ2v) is 8.93. The van der Waals surface area contributed by atoms with Gasteiger partial charge >= 0.3 is 5.97 Å². The molecule has 8 heteroatoms. The number of hydrogen-bond acceptors (Lipinski definition) is 6. The minimum absolute atomic E-state index is 0.00123. The Morgan fingerprint density at radius 2 is 1.76 bits per heavy atom. The molecule has 1 aromatic rings. The number of carbonyl (C=O) groups excluding carboxylic acids is 4. The van der Waals surface area contributed by atoms with Gasteiger partial charge in [-0.05, 0) is 37.1 Å². The standard InChI is InChI=1S/C21H26N2O5S/c1-12(2)9-17(21(27)28-3)22-11-13(29-4)10-16(20(22)26)23-18(24)14-7-5-6-8-15(14)19(23)25/h5-8,12-13,16-17H,9-11H2,1-4H3/t13-,16+,17+/m1/s1. The first-order chi connectivity index (χ1) is 13.8. The van der Waals surface area contributed by atoms with Crippen molar-refractivity contribution in [3.8, 4) is 0 Å². The second-order valence-electron chi connectivity index (χ2n) is 7.79. The molecule has 0 unspecified atom stereocenters. The Morgan fingerprint density at radius 3 is 2.24 bits per heavy atom. The Bertz CT molecular complexity index is 805. The first kappa shape index (κ1) is 21.4. The lowest BCUT2D eigenvalue weighted by molar-refractivity contribution is -0.156. The number of piperidine rings is 1. The largest absolute Gasteiger partial charge is 0.467 e. The quantitative estimate of drug-likeness (QED) is 0.520. The van der Waals surface area contributed by atoms with Gasteiger partial charge in [-0.25, -0.2) is 4.79 Å². The molecule has 0 spiro atoms. The molecule has 7 nitrogen and oxygen atoms in total. The lowest BCUT2D eigenvalue weighted by atomic mass is 9.96. The van der Waals surface area contributed by atoms with Gasteiger partial charge in [0.1, 0.15) is 12.1 Å². The zero-order valence-electron chi connectivity index (χ0n) is 17.1. The van der Waals surface area contributed by atoms with Crippen LogP contribution in [0.1, 0.15) is 47.4 Å². The van der Waals surface area contributed by atoms with Gasteiger partial charge in [0, 0.05) is 11.8 Å². The van der Waals surface area contributed by atoms with Crippen molar-refractivity contribution in [2.24, 2.45) is 5.92 Å². The van der Waals surface area contributed by atoms with E-state index >= 15 is 0 Å². The van der Waals surface area contributed by atoms with E-state index in [0.717, 1.165) is 4.90 Å². The maximum atomic E-state index is 13.4. The van der Waals surface area contributed by atoms with Gasteiger partial charge in [-0.1, -0.05) is 26.0 Å². The van der Waals surface area contributed by atoms with Gasteiger partial charge in [0.15, 0.2) is 0 Å². The molecule has 0 N–H and O–H groups in total. The highest BCUT2D eigenvalue weighted by Gasteiger charge is 2.49. The van der Waals surface area contributed by atoms with Gasteiger partial charge in [0.25, 0.3) is 11.8 Å². The number of nitrogens with zero attached hydrogens (tertiary/aromatic N) is 2. The van der Waals surface area contributed by atoms with Gasteiger partial charge in [-0.2, -0.15) is 11.8 Å². The van der Waals surface area contributed by atoms with Crippen molar-refractivity contribution in [1.82, 2.24) is 9.80 Å². The van der Waals surface area contributed by atoms with Crippen molar-refractivity contribution in [3.63, 3.8) is 0 Å². The van der Waals surface area contributed by atoms with Gasteiger partial charge in [-0.3, -0.25) is 19.3 Å². The van der Waals surface area contributed by atoms with Crippen LogP contribution in [0.25, 0.3) is 0 Å². The van der Waals surface area contributed by atoms with Crippen LogP contribution in [0.3, 0.4) is 0 Å². The molecule has 0 saturated carbocycles.